The van der Waals surface area contributed by atoms with Crippen molar-refractivity contribution in [1.29, 1.82) is 4.78 Å². The summed E-state index contributed by atoms with van der Waals surface area (Å²) in [6.45, 7) is 0. The summed E-state index contributed by atoms with van der Waals surface area (Å²) in [5.41, 5.74) is 8.78. The summed E-state index contributed by atoms with van der Waals surface area (Å²) >= 11 is 0. The van der Waals surface area contributed by atoms with Gasteiger partial charge in [0.2, 0.25) is 0 Å². The quantitative estimate of drug-likeness (QED) is 0.726. The molecule has 1 atom stereocenters. The Kier molecular flexibility index (Phi) is 1.62. The van der Waals surface area contributed by atoms with Crippen molar-refractivity contribution in [2.24, 2.45) is 4.99 Å². The van der Waals surface area contributed by atoms with Crippen molar-refractivity contribution in [3.8, 4) is 0 Å². The Hall–Kier alpha value is -1.95. The predicted octanol–water partition coefficient (Wildman–Crippen LogP) is 1.90. The first-order valence-electron chi connectivity index (χ1n) is 4.60. The summed E-state index contributed by atoms with van der Waals surface area (Å²) in [6.07, 6.45) is 1.61. The summed E-state index contributed by atoms with van der Waals surface area (Å²) in [4.78, 5) is 8.61. The van der Waals surface area contributed by atoms with Gasteiger partial charge in [-0.15, -0.1) is 0 Å². The Morgan fingerprint density at radius 2 is 2.12 bits per heavy atom. The maximum absolute atomic E-state index is 11.8. The molecule has 3 rings (SSSR count). The summed E-state index contributed by atoms with van der Waals surface area (Å²) in [5.74, 6) is 0. The number of aromatic nitrogens is 1. The third kappa shape index (κ3) is 1.07. The van der Waals surface area contributed by atoms with Gasteiger partial charge in [0.05, 0.1) is 21.5 Å². The van der Waals surface area contributed by atoms with Gasteiger partial charge in [0.1, 0.15) is 15.3 Å². The minimum atomic E-state index is -2.89. The zero-order valence-corrected chi connectivity index (χ0v) is 8.99. The van der Waals surface area contributed by atoms with Crippen LogP contribution < -0.4 is 5.73 Å². The lowest BCUT2D eigenvalue weighted by atomic mass is 10.1. The molecule has 0 amide bonds. The molecule has 80 valence electrons. The third-order valence-corrected chi connectivity index (χ3v) is 3.92. The average molecular weight is 232 g/mol. The molecule has 1 aromatic heterocycles. The molecule has 2 aromatic rings. The molecule has 5 nitrogen and oxygen atoms in total. The fourth-order valence-corrected chi connectivity index (χ4v) is 2.87. The van der Waals surface area contributed by atoms with E-state index in [-0.39, 0.29) is 0 Å². The van der Waals surface area contributed by atoms with E-state index < -0.39 is 9.73 Å². The molecule has 2 heterocycles. The number of pyridine rings is 1. The molecule has 0 saturated carbocycles. The standard InChI is InChI=1S/C10H8N4OS/c11-6-3-4-13-7-1-2-8-10(9(6)7)14-5-16(8,12)15/h1-5,12H,(H2,11,13). The average Bonchev–Trinajstić information content (AvgIpc) is 2.55. The summed E-state index contributed by atoms with van der Waals surface area (Å²) < 4.78 is 19.5. The fraction of sp³-hybridized carbons (Fsp3) is 0. The van der Waals surface area contributed by atoms with Gasteiger partial charge in [-0.3, -0.25) is 4.98 Å². The number of hydrogen-bond donors (Lipinski definition) is 2. The molecule has 1 aliphatic rings. The molecule has 16 heavy (non-hydrogen) atoms. The highest BCUT2D eigenvalue weighted by Crippen LogP contribution is 2.39. The zero-order valence-electron chi connectivity index (χ0n) is 8.18. The molecule has 0 aliphatic carbocycles. The van der Waals surface area contributed by atoms with Crippen LogP contribution in [0.4, 0.5) is 11.4 Å². The van der Waals surface area contributed by atoms with Gasteiger partial charge < -0.3 is 5.73 Å². The summed E-state index contributed by atoms with van der Waals surface area (Å²) in [5, 5.41) is 0.675. The van der Waals surface area contributed by atoms with Gasteiger partial charge >= 0.3 is 0 Å². The number of nitrogens with two attached hydrogens (primary N) is 1. The lowest BCUT2D eigenvalue weighted by Crippen LogP contribution is -1.95. The molecule has 0 fully saturated rings. The first kappa shape index (κ1) is 9.29. The number of nitrogen functional groups attached to an aromatic ring is 1. The number of anilines is 1. The second-order valence-corrected chi connectivity index (χ2v) is 5.39. The second kappa shape index (κ2) is 2.79. The van der Waals surface area contributed by atoms with E-state index in [1.165, 1.54) is 5.55 Å². The SMILES string of the molecule is N=S1(=O)C=Nc2c1ccc1nccc(N)c21. The van der Waals surface area contributed by atoms with Crippen LogP contribution in [-0.4, -0.2) is 14.7 Å². The minimum Gasteiger partial charge on any atom is -0.398 e. The molecular weight excluding hydrogens is 224 g/mol. The Morgan fingerprint density at radius 1 is 1.31 bits per heavy atom. The molecule has 0 spiro atoms. The molecule has 0 radical (unpaired) electrons. The van der Waals surface area contributed by atoms with E-state index in [9.17, 15) is 4.21 Å². The Labute approximate surface area is 92.0 Å². The van der Waals surface area contributed by atoms with Gasteiger partial charge in [0, 0.05) is 11.9 Å². The van der Waals surface area contributed by atoms with E-state index in [1.54, 1.807) is 24.4 Å². The lowest BCUT2D eigenvalue weighted by Gasteiger charge is -2.05. The van der Waals surface area contributed by atoms with Crippen LogP contribution in [-0.2, 0) is 9.73 Å². The van der Waals surface area contributed by atoms with Crippen molar-refractivity contribution in [1.82, 2.24) is 4.98 Å². The first-order valence-corrected chi connectivity index (χ1v) is 6.22. The molecule has 0 bridgehead atoms. The molecule has 0 saturated heterocycles. The highest BCUT2D eigenvalue weighted by Gasteiger charge is 2.22. The zero-order chi connectivity index (χ0) is 11.3. The van der Waals surface area contributed by atoms with Crippen LogP contribution >= 0.6 is 0 Å². The van der Waals surface area contributed by atoms with Crippen LogP contribution in [0.25, 0.3) is 10.9 Å². The van der Waals surface area contributed by atoms with E-state index >= 15 is 0 Å². The molecule has 1 aromatic carbocycles. The van der Waals surface area contributed by atoms with E-state index in [0.717, 1.165) is 0 Å². The van der Waals surface area contributed by atoms with E-state index in [4.69, 9.17) is 10.5 Å². The smallest absolute Gasteiger partial charge is 0.114 e. The van der Waals surface area contributed by atoms with Crippen molar-refractivity contribution < 1.29 is 4.21 Å². The topological polar surface area (TPSA) is 92.2 Å². The summed E-state index contributed by atoms with van der Waals surface area (Å²) in [7, 11) is -2.89. The van der Waals surface area contributed by atoms with Crippen molar-refractivity contribution in [2.45, 2.75) is 4.90 Å². The number of benzene rings is 1. The number of nitrogens with zero attached hydrogens (tertiary/aromatic N) is 2. The van der Waals surface area contributed by atoms with Gasteiger partial charge in [-0.25, -0.2) is 14.0 Å². The minimum absolute atomic E-state index is 0.416. The molecule has 1 unspecified atom stereocenters. The van der Waals surface area contributed by atoms with Gasteiger partial charge in [-0.2, -0.15) is 0 Å². The first-order chi connectivity index (χ1) is 7.59. The van der Waals surface area contributed by atoms with Gasteiger partial charge in [0.25, 0.3) is 0 Å². The van der Waals surface area contributed by atoms with Crippen LogP contribution in [0.15, 0.2) is 34.3 Å². The molecule has 3 N–H and O–H groups in total. The van der Waals surface area contributed by atoms with Gasteiger partial charge in [-0.05, 0) is 18.2 Å². The number of hydrogen-bond acceptors (Lipinski definition) is 5. The van der Waals surface area contributed by atoms with E-state index in [2.05, 4.69) is 9.98 Å². The van der Waals surface area contributed by atoms with Crippen LogP contribution in [0.5, 0.6) is 0 Å². The van der Waals surface area contributed by atoms with Crippen LogP contribution in [0.3, 0.4) is 0 Å². The van der Waals surface area contributed by atoms with Crippen molar-refractivity contribution in [3.05, 3.63) is 24.4 Å². The van der Waals surface area contributed by atoms with Crippen LogP contribution in [0.2, 0.25) is 0 Å². The number of nitrogens with one attached hydrogen (secondary N) is 1. The van der Waals surface area contributed by atoms with Crippen molar-refractivity contribution >= 4 is 37.6 Å². The number of rotatable bonds is 0. The largest absolute Gasteiger partial charge is 0.398 e. The molecule has 1 aliphatic heterocycles. The van der Waals surface area contributed by atoms with Crippen LogP contribution in [0, 0.1) is 4.78 Å². The summed E-state index contributed by atoms with van der Waals surface area (Å²) in [6, 6.07) is 5.02. The van der Waals surface area contributed by atoms with Gasteiger partial charge in [0.15, 0.2) is 0 Å². The van der Waals surface area contributed by atoms with Crippen molar-refractivity contribution in [3.63, 3.8) is 0 Å². The van der Waals surface area contributed by atoms with Crippen LogP contribution in [0.1, 0.15) is 0 Å². The number of fused-ring (bicyclic) bond motifs is 3. The fourth-order valence-electron chi connectivity index (χ4n) is 1.79. The lowest BCUT2D eigenvalue weighted by molar-refractivity contribution is 0.684. The second-order valence-electron chi connectivity index (χ2n) is 3.54. The highest BCUT2D eigenvalue weighted by atomic mass is 32.2. The monoisotopic (exact) mass is 232 g/mol. The molecular formula is C10H8N4OS. The Bertz CT molecular complexity index is 734. The molecule has 6 heteroatoms. The highest BCUT2D eigenvalue weighted by molar-refractivity contribution is 8.05. The third-order valence-electron chi connectivity index (χ3n) is 2.53. The maximum atomic E-state index is 11.8. The maximum Gasteiger partial charge on any atom is 0.114 e. The normalized spacial score (nSPS) is 22.5. The number of aliphatic imine (C=N–C) groups is 1. The predicted molar refractivity (Wildman–Crippen MR) is 63.4 cm³/mol. The van der Waals surface area contributed by atoms with E-state index in [0.29, 0.717) is 27.2 Å². The van der Waals surface area contributed by atoms with Crippen molar-refractivity contribution in [2.75, 3.05) is 5.73 Å². The Morgan fingerprint density at radius 3 is 2.94 bits per heavy atom. The van der Waals surface area contributed by atoms with Gasteiger partial charge in [-0.1, -0.05) is 0 Å². The van der Waals surface area contributed by atoms with E-state index in [1.807, 2.05) is 0 Å². The Balaban J connectivity index is 2.57.